The Morgan fingerprint density at radius 1 is 1.29 bits per heavy atom. The molecule has 1 saturated carbocycles. The average molecular weight is 460 g/mol. The first-order valence-corrected chi connectivity index (χ1v) is 9.08. The van der Waals surface area contributed by atoms with E-state index in [1.165, 1.54) is 37.0 Å². The first-order valence-electron chi connectivity index (χ1n) is 8.20. The molecule has 5 nitrogen and oxygen atoms in total. The minimum absolute atomic E-state index is 0. The molecular weight excluding hydrogens is 435 g/mol. The van der Waals surface area contributed by atoms with Crippen LogP contribution in [0.2, 0.25) is 0 Å². The van der Waals surface area contributed by atoms with E-state index in [1.54, 1.807) is 13.3 Å². The van der Waals surface area contributed by atoms with Crippen molar-refractivity contribution in [3.8, 4) is 0 Å². The van der Waals surface area contributed by atoms with Crippen LogP contribution in [0, 0.1) is 0 Å². The van der Waals surface area contributed by atoms with Gasteiger partial charge in [0.25, 0.3) is 0 Å². The molecule has 0 atom stereocenters. The quantitative estimate of drug-likeness (QED) is 0.404. The van der Waals surface area contributed by atoms with Gasteiger partial charge in [-0.2, -0.15) is 0 Å². The molecule has 0 spiro atoms. The van der Waals surface area contributed by atoms with E-state index in [2.05, 4.69) is 38.3 Å². The lowest BCUT2D eigenvalue weighted by Gasteiger charge is -2.37. The molecule has 2 N–H and O–H groups in total. The summed E-state index contributed by atoms with van der Waals surface area (Å²) >= 11 is 1.88. The predicted octanol–water partition coefficient (Wildman–Crippen LogP) is 3.92. The molecule has 0 radical (unpaired) electrons. The van der Waals surface area contributed by atoms with Crippen LogP contribution in [0.3, 0.4) is 0 Å². The van der Waals surface area contributed by atoms with Crippen LogP contribution in [0.5, 0.6) is 0 Å². The van der Waals surface area contributed by atoms with Gasteiger partial charge >= 0.3 is 0 Å². The summed E-state index contributed by atoms with van der Waals surface area (Å²) in [7, 11) is 1.80. The molecule has 0 aliphatic heterocycles. The summed E-state index contributed by atoms with van der Waals surface area (Å²) in [6, 6.07) is 6.30. The zero-order chi connectivity index (χ0) is 16.0. The fourth-order valence-electron chi connectivity index (χ4n) is 3.30. The van der Waals surface area contributed by atoms with Crippen LogP contribution in [0.15, 0.2) is 39.4 Å². The van der Waals surface area contributed by atoms with Gasteiger partial charge in [0, 0.05) is 30.0 Å². The standard InChI is InChI=1S/C17H24N4OS.HI/c1-18-16(19-12-14-7-10-22-21-14)20-13-17(8-3-2-4-9-17)15-6-5-11-23-15;/h5-7,10-11H,2-4,8-9,12-13H2,1H3,(H2,18,19,20);1H. The van der Waals surface area contributed by atoms with Crippen LogP contribution in [0.4, 0.5) is 0 Å². The van der Waals surface area contributed by atoms with E-state index in [0.717, 1.165) is 18.2 Å². The third kappa shape index (κ3) is 4.72. The summed E-state index contributed by atoms with van der Waals surface area (Å²) in [5.41, 5.74) is 1.12. The van der Waals surface area contributed by atoms with Crippen molar-refractivity contribution in [1.29, 1.82) is 0 Å². The molecule has 24 heavy (non-hydrogen) atoms. The molecule has 0 saturated heterocycles. The minimum atomic E-state index is 0. The highest BCUT2D eigenvalue weighted by molar-refractivity contribution is 14.0. The lowest BCUT2D eigenvalue weighted by Crippen LogP contribution is -2.46. The Morgan fingerprint density at radius 3 is 2.75 bits per heavy atom. The smallest absolute Gasteiger partial charge is 0.191 e. The molecule has 2 aromatic rings. The van der Waals surface area contributed by atoms with Gasteiger partial charge in [-0.15, -0.1) is 35.3 Å². The van der Waals surface area contributed by atoms with Crippen LogP contribution in [-0.2, 0) is 12.0 Å². The maximum atomic E-state index is 4.85. The lowest BCUT2D eigenvalue weighted by atomic mass is 9.73. The highest BCUT2D eigenvalue weighted by Gasteiger charge is 2.34. The van der Waals surface area contributed by atoms with E-state index in [4.69, 9.17) is 4.52 Å². The predicted molar refractivity (Wildman–Crippen MR) is 109 cm³/mol. The number of nitrogens with zero attached hydrogens (tertiary/aromatic N) is 2. The third-order valence-corrected chi connectivity index (χ3v) is 5.72. The van der Waals surface area contributed by atoms with Gasteiger partial charge in [0.2, 0.25) is 0 Å². The summed E-state index contributed by atoms with van der Waals surface area (Å²) in [5, 5.41) is 12.9. The van der Waals surface area contributed by atoms with Crippen LogP contribution in [0.25, 0.3) is 0 Å². The molecule has 132 valence electrons. The van der Waals surface area contributed by atoms with Crippen molar-refractivity contribution in [2.45, 2.75) is 44.1 Å². The van der Waals surface area contributed by atoms with Crippen molar-refractivity contribution >= 4 is 41.3 Å². The van der Waals surface area contributed by atoms with E-state index in [1.807, 2.05) is 17.4 Å². The van der Waals surface area contributed by atoms with Crippen molar-refractivity contribution in [3.05, 3.63) is 40.4 Å². The van der Waals surface area contributed by atoms with Crippen molar-refractivity contribution in [3.63, 3.8) is 0 Å². The molecule has 7 heteroatoms. The van der Waals surface area contributed by atoms with E-state index < -0.39 is 0 Å². The molecule has 3 rings (SSSR count). The van der Waals surface area contributed by atoms with Gasteiger partial charge in [-0.1, -0.05) is 30.5 Å². The molecule has 0 aromatic carbocycles. The summed E-state index contributed by atoms with van der Waals surface area (Å²) in [4.78, 5) is 5.82. The first kappa shape index (κ1) is 19.2. The molecule has 2 aromatic heterocycles. The fourth-order valence-corrected chi connectivity index (χ4v) is 4.28. The van der Waals surface area contributed by atoms with Crippen molar-refractivity contribution in [2.24, 2.45) is 4.99 Å². The summed E-state index contributed by atoms with van der Waals surface area (Å²) in [6.07, 6.45) is 8.06. The number of aromatic nitrogens is 1. The fraction of sp³-hybridized carbons (Fsp3) is 0.529. The molecule has 1 aliphatic carbocycles. The number of nitrogens with one attached hydrogen (secondary N) is 2. The molecular formula is C17H25IN4OS. The second kappa shape index (κ2) is 9.41. The number of hydrogen-bond donors (Lipinski definition) is 2. The Balaban J connectivity index is 0.00000208. The van der Waals surface area contributed by atoms with Crippen molar-refractivity contribution in [2.75, 3.05) is 13.6 Å². The maximum Gasteiger partial charge on any atom is 0.191 e. The first-order chi connectivity index (χ1) is 11.3. The normalized spacial score (nSPS) is 17.1. The molecule has 2 heterocycles. The van der Waals surface area contributed by atoms with Gasteiger partial charge in [0.15, 0.2) is 5.96 Å². The van der Waals surface area contributed by atoms with E-state index in [9.17, 15) is 0 Å². The molecule has 1 aliphatic rings. The average Bonchev–Trinajstić information content (AvgIpc) is 3.30. The summed E-state index contributed by atoms with van der Waals surface area (Å²) < 4.78 is 4.85. The highest BCUT2D eigenvalue weighted by Crippen LogP contribution is 2.41. The van der Waals surface area contributed by atoms with E-state index >= 15 is 0 Å². The number of thiophene rings is 1. The molecule has 0 amide bonds. The number of aliphatic imine (C=N–C) groups is 1. The van der Waals surface area contributed by atoms with Crippen LogP contribution in [-0.4, -0.2) is 24.7 Å². The second-order valence-corrected chi connectivity index (χ2v) is 7.04. The Hall–Kier alpha value is -1.09. The Labute approximate surface area is 164 Å². The van der Waals surface area contributed by atoms with E-state index in [-0.39, 0.29) is 29.4 Å². The SMILES string of the molecule is CN=C(NCc1ccon1)NCC1(c2cccs2)CCCCC1.I. The van der Waals surface area contributed by atoms with Gasteiger partial charge in [0.05, 0.1) is 6.54 Å². The second-order valence-electron chi connectivity index (χ2n) is 6.09. The Kier molecular flexibility index (Phi) is 7.54. The van der Waals surface area contributed by atoms with Crippen LogP contribution < -0.4 is 10.6 Å². The number of rotatable bonds is 5. The van der Waals surface area contributed by atoms with Crippen molar-refractivity contribution in [1.82, 2.24) is 15.8 Å². The molecule has 0 unspecified atom stereocenters. The van der Waals surface area contributed by atoms with Gasteiger partial charge in [-0.05, 0) is 24.3 Å². The maximum absolute atomic E-state index is 4.85. The number of guanidine groups is 1. The monoisotopic (exact) mass is 460 g/mol. The summed E-state index contributed by atoms with van der Waals surface area (Å²) in [5.74, 6) is 0.814. The van der Waals surface area contributed by atoms with Gasteiger partial charge < -0.3 is 15.2 Å². The third-order valence-electron chi connectivity index (χ3n) is 4.60. The van der Waals surface area contributed by atoms with Gasteiger partial charge in [-0.3, -0.25) is 4.99 Å². The summed E-state index contributed by atoms with van der Waals surface area (Å²) in [6.45, 7) is 1.54. The minimum Gasteiger partial charge on any atom is -0.364 e. The molecule has 1 fully saturated rings. The van der Waals surface area contributed by atoms with E-state index in [0.29, 0.717) is 6.54 Å². The van der Waals surface area contributed by atoms with Gasteiger partial charge in [-0.25, -0.2) is 0 Å². The molecule has 0 bridgehead atoms. The zero-order valence-corrected chi connectivity index (χ0v) is 17.1. The lowest BCUT2D eigenvalue weighted by molar-refractivity contribution is 0.296. The highest BCUT2D eigenvalue weighted by atomic mass is 127. The number of halogens is 1. The van der Waals surface area contributed by atoms with Gasteiger partial charge in [0.1, 0.15) is 12.0 Å². The zero-order valence-electron chi connectivity index (χ0n) is 14.0. The Bertz CT molecular complexity index is 607. The topological polar surface area (TPSA) is 62.5 Å². The number of hydrogen-bond acceptors (Lipinski definition) is 4. The Morgan fingerprint density at radius 2 is 2.12 bits per heavy atom. The van der Waals surface area contributed by atoms with Crippen molar-refractivity contribution < 1.29 is 4.52 Å². The largest absolute Gasteiger partial charge is 0.364 e. The van der Waals surface area contributed by atoms with Crippen LogP contribution >= 0.6 is 35.3 Å². The van der Waals surface area contributed by atoms with Crippen LogP contribution in [0.1, 0.15) is 42.7 Å².